The molecule has 0 spiro atoms. The molecule has 31 heavy (non-hydrogen) atoms. The molecule has 3 aromatic rings. The molecule has 0 bridgehead atoms. The van der Waals surface area contributed by atoms with Crippen LogP contribution in [-0.2, 0) is 17.9 Å². The summed E-state index contributed by atoms with van der Waals surface area (Å²) in [5, 5.41) is 2.83. The van der Waals surface area contributed by atoms with Gasteiger partial charge in [0.1, 0.15) is 12.2 Å². The number of thioether (sulfide) groups is 1. The number of hydrogen-bond acceptors (Lipinski definition) is 8. The highest BCUT2D eigenvalue weighted by Gasteiger charge is 2.19. The van der Waals surface area contributed by atoms with Crippen LogP contribution in [-0.4, -0.2) is 31.2 Å². The number of nitrogens with one attached hydrogen (secondary N) is 2. The first-order chi connectivity index (χ1) is 15.0. The topological polar surface area (TPSA) is 153 Å². The summed E-state index contributed by atoms with van der Waals surface area (Å²) in [7, 11) is 0. The van der Waals surface area contributed by atoms with Crippen LogP contribution in [0.5, 0.6) is 0 Å². The molecule has 1 aliphatic rings. The lowest BCUT2D eigenvalue weighted by Gasteiger charge is -2.25. The minimum absolute atomic E-state index is 0. The summed E-state index contributed by atoms with van der Waals surface area (Å²) >= 11 is 1.64. The van der Waals surface area contributed by atoms with Crippen LogP contribution in [0.3, 0.4) is 0 Å². The van der Waals surface area contributed by atoms with E-state index in [-0.39, 0.29) is 26.6 Å². The van der Waals surface area contributed by atoms with E-state index in [0.29, 0.717) is 12.2 Å². The number of hydrogen-bond donors (Lipinski definition) is 3. The van der Waals surface area contributed by atoms with Gasteiger partial charge in [0.25, 0.3) is 5.56 Å². The van der Waals surface area contributed by atoms with Gasteiger partial charge in [-0.2, -0.15) is 0 Å². The van der Waals surface area contributed by atoms with E-state index in [1.807, 2.05) is 19.1 Å². The molecule has 168 valence electrons. The summed E-state index contributed by atoms with van der Waals surface area (Å²) in [6, 6.07) is 3.79. The number of H-pyrrole nitrogens is 1. The fraction of sp³-hybridized carbons (Fsp3) is 0.400. The molecule has 1 aliphatic carbocycles. The number of nitrogens with two attached hydrogens (primary N) is 1. The van der Waals surface area contributed by atoms with E-state index < -0.39 is 0 Å². The highest BCUT2D eigenvalue weighted by atomic mass is 32.2. The van der Waals surface area contributed by atoms with Crippen molar-refractivity contribution in [1.29, 1.82) is 0 Å². The van der Waals surface area contributed by atoms with E-state index >= 15 is 0 Å². The molecular formula is C20H28N6O4S. The Balaban J connectivity index is 0.00000133. The van der Waals surface area contributed by atoms with Crippen LogP contribution in [0.15, 0.2) is 34.3 Å². The molecule has 3 aromatic heterocycles. The van der Waals surface area contributed by atoms with Crippen molar-refractivity contribution in [3.63, 3.8) is 0 Å². The number of nitrogens with zero attached hydrogens (tertiary/aromatic N) is 3. The van der Waals surface area contributed by atoms with E-state index in [2.05, 4.69) is 20.3 Å². The van der Waals surface area contributed by atoms with Crippen LogP contribution in [0, 0.1) is 22.8 Å². The number of aryl methyl sites for hydroxylation is 1. The number of nitrogen functional groups attached to an aromatic ring is 1. The number of carbonyl (C=O) groups excluding carboxylic acids is 1. The first-order valence-electron chi connectivity index (χ1n) is 9.85. The Morgan fingerprint density at radius 3 is 2.84 bits per heavy atom. The van der Waals surface area contributed by atoms with Crippen LogP contribution in [0.4, 0.5) is 5.69 Å². The summed E-state index contributed by atoms with van der Waals surface area (Å²) < 4.78 is 1.43. The molecular weight excluding hydrogens is 420 g/mol. The maximum atomic E-state index is 12.7. The summed E-state index contributed by atoms with van der Waals surface area (Å²) in [5.74, 6) is 1.46. The zero-order valence-electron chi connectivity index (χ0n) is 17.1. The fourth-order valence-corrected chi connectivity index (χ4v) is 4.55. The Morgan fingerprint density at radius 2 is 2.13 bits per heavy atom. The van der Waals surface area contributed by atoms with Crippen LogP contribution < -0.4 is 16.6 Å². The van der Waals surface area contributed by atoms with Gasteiger partial charge in [0, 0.05) is 41.9 Å². The smallest absolute Gasteiger partial charge is 0.275 e. The molecule has 1 saturated carbocycles. The molecule has 0 saturated heterocycles. The van der Waals surface area contributed by atoms with Crippen molar-refractivity contribution in [3.8, 4) is 0 Å². The van der Waals surface area contributed by atoms with Crippen LogP contribution in [0.1, 0.15) is 33.4 Å². The third kappa shape index (κ3) is 5.29. The van der Waals surface area contributed by atoms with Crippen molar-refractivity contribution < 1.29 is 7.65 Å². The average molecular weight is 449 g/mol. The fourth-order valence-electron chi connectivity index (χ4n) is 3.31. The first-order valence-corrected chi connectivity index (χ1v) is 10.8. The summed E-state index contributed by atoms with van der Waals surface area (Å²) in [5.41, 5.74) is 9.02. The number of fused-ring (bicyclic) bond motifs is 1. The molecule has 0 aromatic carbocycles. The Labute approximate surface area is 185 Å². The van der Waals surface area contributed by atoms with Gasteiger partial charge in [-0.05, 0) is 43.4 Å². The second-order valence-corrected chi connectivity index (χ2v) is 8.52. The van der Waals surface area contributed by atoms with Gasteiger partial charge in [-0.1, -0.05) is 6.42 Å². The molecule has 0 unspecified atom stereocenters. The molecule has 0 atom stereocenters. The van der Waals surface area contributed by atoms with Crippen molar-refractivity contribution in [2.45, 2.75) is 44.2 Å². The predicted octanol–water partition coefficient (Wildman–Crippen LogP) is 2.78. The summed E-state index contributed by atoms with van der Waals surface area (Å²) in [6.45, 7) is 2.08. The quantitative estimate of drug-likeness (QED) is 0.466. The van der Waals surface area contributed by atoms with Crippen molar-refractivity contribution in [3.05, 3.63) is 56.2 Å². The molecule has 0 aliphatic heterocycles. The molecule has 4 rings (SSSR count). The Bertz CT molecular complexity index is 1140. The number of pyridine rings is 2. The number of amides is 1. The first kappa shape index (κ1) is 22.5. The highest BCUT2D eigenvalue weighted by molar-refractivity contribution is 7.99. The molecule has 0 radical (unpaired) electrons. The van der Waals surface area contributed by atoms with E-state index in [9.17, 15) is 9.59 Å². The van der Waals surface area contributed by atoms with Gasteiger partial charge in [0.05, 0.1) is 11.8 Å². The van der Waals surface area contributed by atoms with Gasteiger partial charge < -0.3 is 20.6 Å². The normalized spacial score (nSPS) is 13.3. The van der Waals surface area contributed by atoms with Crippen LogP contribution in [0.2, 0.25) is 0 Å². The number of carbonyl (C=O) groups is 1. The number of aromatic nitrogens is 4. The summed E-state index contributed by atoms with van der Waals surface area (Å²) in [4.78, 5) is 51.2. The van der Waals surface area contributed by atoms with Gasteiger partial charge >= 0.3 is 0 Å². The van der Waals surface area contributed by atoms with Crippen molar-refractivity contribution in [2.24, 2.45) is 5.92 Å². The largest absolute Gasteiger partial charge is 0.393 e. The maximum absolute atomic E-state index is 12.7. The van der Waals surface area contributed by atoms with E-state index in [0.717, 1.165) is 33.3 Å². The monoisotopic (exact) mass is 448 g/mol. The number of rotatable bonds is 7. The van der Waals surface area contributed by atoms with Gasteiger partial charge in [-0.15, -0.1) is 11.8 Å². The molecule has 10 nitrogen and oxygen atoms in total. The summed E-state index contributed by atoms with van der Waals surface area (Å²) in [6.07, 6.45) is 7.06. The third-order valence-corrected chi connectivity index (χ3v) is 6.61. The van der Waals surface area contributed by atoms with Crippen LogP contribution in [0.25, 0.3) is 11.2 Å². The standard InChI is InChI=1S/C20H24N6O2S.O2.2H2/c1-12-5-16(29-10-13-3-2-4-13)18(21)20(28)26(12)9-17(27)22-7-14-6-15-19(23-8-14)25-11-24-15;1-2;;/h5-6,8,11,13H,2-4,7,9-10,21H2,1H3,(H,22,27)(H,23,24,25);;2*1H. The lowest BCUT2D eigenvalue weighted by molar-refractivity contribution is -0.121. The number of aromatic amines is 1. The minimum atomic E-state index is -0.309. The Morgan fingerprint density at radius 1 is 1.35 bits per heavy atom. The lowest BCUT2D eigenvalue weighted by Crippen LogP contribution is -2.34. The molecule has 11 heteroatoms. The van der Waals surface area contributed by atoms with Crippen LogP contribution >= 0.6 is 11.8 Å². The van der Waals surface area contributed by atoms with Gasteiger partial charge in [-0.25, -0.2) is 9.97 Å². The highest BCUT2D eigenvalue weighted by Crippen LogP contribution is 2.34. The zero-order chi connectivity index (χ0) is 22.4. The van der Waals surface area contributed by atoms with Gasteiger partial charge in [0.15, 0.2) is 5.65 Å². The van der Waals surface area contributed by atoms with Crippen molar-refractivity contribution in [1.82, 2.24) is 24.8 Å². The number of anilines is 1. The lowest BCUT2D eigenvalue weighted by atomic mass is 9.87. The van der Waals surface area contributed by atoms with Gasteiger partial charge in [-0.3, -0.25) is 9.59 Å². The predicted molar refractivity (Wildman–Crippen MR) is 125 cm³/mol. The SMILES string of the molecule is Cc1cc(SCC2CCC2)c(N)c(=O)n1CC(=O)NCc1cnc2nc[nH]c2c1.O=O.[HH].[HH]. The van der Waals surface area contributed by atoms with E-state index in [4.69, 9.17) is 15.7 Å². The van der Waals surface area contributed by atoms with E-state index in [1.165, 1.54) is 23.8 Å². The molecule has 3 heterocycles. The van der Waals surface area contributed by atoms with Crippen molar-refractivity contribution >= 4 is 34.5 Å². The van der Waals surface area contributed by atoms with Gasteiger partial charge in [0.2, 0.25) is 5.91 Å². The maximum Gasteiger partial charge on any atom is 0.275 e. The molecule has 4 N–H and O–H groups in total. The zero-order valence-corrected chi connectivity index (χ0v) is 17.9. The van der Waals surface area contributed by atoms with Crippen molar-refractivity contribution in [2.75, 3.05) is 11.5 Å². The second-order valence-electron chi connectivity index (χ2n) is 7.46. The second kappa shape index (κ2) is 10.2. The molecule has 1 fully saturated rings. The third-order valence-electron chi connectivity index (χ3n) is 5.33. The average Bonchev–Trinajstić information content (AvgIpc) is 3.21. The Hall–Kier alpha value is -3.21. The Kier molecular flexibility index (Phi) is 7.40. The van der Waals surface area contributed by atoms with E-state index in [1.54, 1.807) is 24.3 Å². The number of imidazole rings is 1. The minimum Gasteiger partial charge on any atom is -0.393 e. The molecule has 1 amide bonds.